The Kier molecular flexibility index (Phi) is 5.20. The van der Waals surface area contributed by atoms with Crippen LogP contribution >= 0.6 is 0 Å². The van der Waals surface area contributed by atoms with E-state index in [9.17, 15) is 14.0 Å². The van der Waals surface area contributed by atoms with E-state index in [0.29, 0.717) is 37.4 Å². The quantitative estimate of drug-likeness (QED) is 0.878. The molecule has 4 nitrogen and oxygen atoms in total. The van der Waals surface area contributed by atoms with E-state index in [4.69, 9.17) is 0 Å². The number of likely N-dealkylation sites (tertiary alicyclic amines) is 1. The number of piperidine rings is 1. The maximum absolute atomic E-state index is 13.0. The zero-order chi connectivity index (χ0) is 19.0. The van der Waals surface area contributed by atoms with Gasteiger partial charge in [-0.15, -0.1) is 0 Å². The molecule has 1 aliphatic heterocycles. The van der Waals surface area contributed by atoms with Gasteiger partial charge in [-0.05, 0) is 81.0 Å². The molecule has 5 heteroatoms. The van der Waals surface area contributed by atoms with Crippen molar-refractivity contribution < 1.29 is 14.0 Å². The fourth-order valence-electron chi connectivity index (χ4n) is 5.48. The van der Waals surface area contributed by atoms with Crippen molar-refractivity contribution in [2.45, 2.75) is 51.5 Å². The van der Waals surface area contributed by atoms with Gasteiger partial charge >= 0.3 is 0 Å². The van der Waals surface area contributed by atoms with Crippen LogP contribution in [-0.4, -0.2) is 35.8 Å². The van der Waals surface area contributed by atoms with Crippen LogP contribution < -0.4 is 5.32 Å². The second kappa shape index (κ2) is 7.61. The Balaban J connectivity index is 1.26. The number of hydrogen-bond acceptors (Lipinski definition) is 2. The van der Waals surface area contributed by atoms with E-state index < -0.39 is 0 Å². The number of fused-ring (bicyclic) bond motifs is 2. The number of benzene rings is 1. The molecule has 1 aromatic carbocycles. The van der Waals surface area contributed by atoms with Gasteiger partial charge in [-0.25, -0.2) is 4.39 Å². The number of rotatable bonds is 4. The van der Waals surface area contributed by atoms with Crippen molar-refractivity contribution in [2.24, 2.45) is 23.7 Å². The van der Waals surface area contributed by atoms with Crippen molar-refractivity contribution in [2.75, 3.05) is 13.1 Å². The van der Waals surface area contributed by atoms with Gasteiger partial charge < -0.3 is 10.2 Å². The van der Waals surface area contributed by atoms with Gasteiger partial charge in [0.2, 0.25) is 5.91 Å². The molecule has 4 atom stereocenters. The van der Waals surface area contributed by atoms with Crippen LogP contribution in [-0.2, 0) is 4.79 Å². The molecule has 1 heterocycles. The molecule has 0 aromatic heterocycles. The number of nitrogens with zero attached hydrogens (tertiary/aromatic N) is 1. The Morgan fingerprint density at radius 3 is 2.37 bits per heavy atom. The lowest BCUT2D eigenvalue weighted by Gasteiger charge is -2.34. The largest absolute Gasteiger partial charge is 0.353 e. The standard InChI is InChI=1S/C22H29FN2O2/c1-14(20-13-15-2-3-18(20)12-15)24-21(26)16-8-10-25(11-9-16)22(27)17-4-6-19(23)7-5-17/h4-7,14-16,18,20H,2-3,8-13H2,1H3,(H,24,26)/t14-,15+,18+,20+/m1/s1. The summed E-state index contributed by atoms with van der Waals surface area (Å²) in [7, 11) is 0. The van der Waals surface area contributed by atoms with Crippen LogP contribution in [0.5, 0.6) is 0 Å². The fourth-order valence-corrected chi connectivity index (χ4v) is 5.48. The molecule has 3 fully saturated rings. The first kappa shape index (κ1) is 18.5. The first-order chi connectivity index (χ1) is 13.0. The van der Waals surface area contributed by atoms with E-state index in [1.165, 1.54) is 49.9 Å². The van der Waals surface area contributed by atoms with E-state index in [1.54, 1.807) is 4.90 Å². The second-order valence-corrected chi connectivity index (χ2v) is 8.71. The Hall–Kier alpha value is -1.91. The molecule has 2 saturated carbocycles. The van der Waals surface area contributed by atoms with Crippen molar-refractivity contribution in [1.82, 2.24) is 10.2 Å². The first-order valence-corrected chi connectivity index (χ1v) is 10.4. The summed E-state index contributed by atoms with van der Waals surface area (Å²) in [6.45, 7) is 3.32. The third-order valence-corrected chi connectivity index (χ3v) is 7.05. The lowest BCUT2D eigenvalue weighted by Crippen LogP contribution is -2.47. The molecule has 0 spiro atoms. The zero-order valence-electron chi connectivity index (χ0n) is 16.0. The molecule has 0 unspecified atom stereocenters. The number of amides is 2. The summed E-state index contributed by atoms with van der Waals surface area (Å²) in [6, 6.07) is 5.92. The summed E-state index contributed by atoms with van der Waals surface area (Å²) in [5.41, 5.74) is 0.504. The third-order valence-electron chi connectivity index (χ3n) is 7.05. The van der Waals surface area contributed by atoms with Gasteiger partial charge in [-0.3, -0.25) is 9.59 Å². The van der Waals surface area contributed by atoms with Gasteiger partial charge in [-0.2, -0.15) is 0 Å². The van der Waals surface area contributed by atoms with Crippen LogP contribution in [0.4, 0.5) is 4.39 Å². The van der Waals surface area contributed by atoms with Gasteiger partial charge in [0.05, 0.1) is 0 Å². The molecule has 1 aromatic rings. The second-order valence-electron chi connectivity index (χ2n) is 8.71. The molecule has 27 heavy (non-hydrogen) atoms. The Labute approximate surface area is 160 Å². The maximum Gasteiger partial charge on any atom is 0.253 e. The summed E-state index contributed by atoms with van der Waals surface area (Å²) in [5, 5.41) is 3.27. The van der Waals surface area contributed by atoms with E-state index in [1.807, 2.05) is 0 Å². The predicted octanol–water partition coefficient (Wildman–Crippen LogP) is 3.62. The van der Waals surface area contributed by atoms with E-state index in [2.05, 4.69) is 12.2 Å². The summed E-state index contributed by atoms with van der Waals surface area (Å²) < 4.78 is 13.0. The smallest absolute Gasteiger partial charge is 0.253 e. The minimum atomic E-state index is -0.341. The molecule has 1 saturated heterocycles. The fraction of sp³-hybridized carbons (Fsp3) is 0.636. The Morgan fingerprint density at radius 1 is 1.07 bits per heavy atom. The van der Waals surface area contributed by atoms with Gasteiger partial charge in [0, 0.05) is 30.6 Å². The van der Waals surface area contributed by atoms with Gasteiger partial charge in [0.25, 0.3) is 5.91 Å². The molecule has 2 amide bonds. The van der Waals surface area contributed by atoms with Crippen molar-refractivity contribution in [3.8, 4) is 0 Å². The van der Waals surface area contributed by atoms with Gasteiger partial charge in [0.15, 0.2) is 0 Å². The van der Waals surface area contributed by atoms with Crippen LogP contribution in [0.1, 0.15) is 55.8 Å². The molecule has 4 rings (SSSR count). The van der Waals surface area contributed by atoms with Crippen molar-refractivity contribution in [1.29, 1.82) is 0 Å². The lowest BCUT2D eigenvalue weighted by molar-refractivity contribution is -0.127. The number of carbonyl (C=O) groups is 2. The minimum Gasteiger partial charge on any atom is -0.353 e. The van der Waals surface area contributed by atoms with Crippen LogP contribution in [0.2, 0.25) is 0 Å². The number of nitrogens with one attached hydrogen (secondary N) is 1. The van der Waals surface area contributed by atoms with Crippen LogP contribution in [0, 0.1) is 29.5 Å². The number of carbonyl (C=O) groups excluding carboxylic acids is 2. The highest BCUT2D eigenvalue weighted by atomic mass is 19.1. The van der Waals surface area contributed by atoms with Gasteiger partial charge in [-0.1, -0.05) is 6.42 Å². The topological polar surface area (TPSA) is 49.4 Å². The normalized spacial score (nSPS) is 29.0. The molecule has 2 bridgehead atoms. The molecule has 2 aliphatic carbocycles. The Morgan fingerprint density at radius 2 is 1.78 bits per heavy atom. The Bertz CT molecular complexity index is 697. The van der Waals surface area contributed by atoms with Crippen molar-refractivity contribution in [3.63, 3.8) is 0 Å². The predicted molar refractivity (Wildman–Crippen MR) is 102 cm³/mol. The number of hydrogen-bond donors (Lipinski definition) is 1. The molecule has 1 N–H and O–H groups in total. The minimum absolute atomic E-state index is 0.0108. The SMILES string of the molecule is C[C@@H](NC(=O)C1CCN(C(=O)c2ccc(F)cc2)CC1)[C@@H]1C[C@H]2CC[C@H]1C2. The highest BCUT2D eigenvalue weighted by molar-refractivity contribution is 5.94. The highest BCUT2D eigenvalue weighted by Gasteiger charge is 2.42. The van der Waals surface area contributed by atoms with Gasteiger partial charge in [0.1, 0.15) is 5.82 Å². The van der Waals surface area contributed by atoms with Crippen LogP contribution in [0.25, 0.3) is 0 Å². The first-order valence-electron chi connectivity index (χ1n) is 10.4. The third kappa shape index (κ3) is 3.87. The maximum atomic E-state index is 13.0. The van der Waals surface area contributed by atoms with Crippen molar-refractivity contribution in [3.05, 3.63) is 35.6 Å². The summed E-state index contributed by atoms with van der Waals surface area (Å²) in [6.07, 6.45) is 6.73. The summed E-state index contributed by atoms with van der Waals surface area (Å²) in [5.74, 6) is 2.06. The van der Waals surface area contributed by atoms with Crippen molar-refractivity contribution >= 4 is 11.8 Å². The zero-order valence-corrected chi connectivity index (χ0v) is 16.0. The molecule has 0 radical (unpaired) electrons. The van der Waals surface area contributed by atoms with E-state index in [0.717, 1.165) is 11.8 Å². The average molecular weight is 372 g/mol. The molecular weight excluding hydrogens is 343 g/mol. The molecule has 3 aliphatic rings. The average Bonchev–Trinajstić information content (AvgIpc) is 3.32. The summed E-state index contributed by atoms with van der Waals surface area (Å²) in [4.78, 5) is 27.0. The van der Waals surface area contributed by atoms with E-state index in [-0.39, 0.29) is 29.6 Å². The molecular formula is C22H29FN2O2. The van der Waals surface area contributed by atoms with Crippen LogP contribution in [0.3, 0.4) is 0 Å². The number of halogens is 1. The highest BCUT2D eigenvalue weighted by Crippen LogP contribution is 2.49. The molecule has 146 valence electrons. The summed E-state index contributed by atoms with van der Waals surface area (Å²) >= 11 is 0. The van der Waals surface area contributed by atoms with E-state index >= 15 is 0 Å². The van der Waals surface area contributed by atoms with Crippen LogP contribution in [0.15, 0.2) is 24.3 Å². The monoisotopic (exact) mass is 372 g/mol. The lowest BCUT2D eigenvalue weighted by atomic mass is 9.83.